The maximum atomic E-state index is 13.6. The minimum absolute atomic E-state index is 0.0505. The second-order valence-corrected chi connectivity index (χ2v) is 4.85. The van der Waals surface area contributed by atoms with E-state index in [0.29, 0.717) is 10.0 Å². The fraction of sp³-hybridized carbons (Fsp3) is 0.0769. The van der Waals surface area contributed by atoms with Crippen LogP contribution in [0.1, 0.15) is 5.56 Å². The molecule has 0 heterocycles. The molecular weight excluding hydrogens is 336 g/mol. The Labute approximate surface area is 121 Å². The molecule has 20 heavy (non-hydrogen) atoms. The van der Waals surface area contributed by atoms with E-state index in [0.717, 1.165) is 12.1 Å². The van der Waals surface area contributed by atoms with Crippen molar-refractivity contribution in [2.45, 2.75) is 6.61 Å². The average Bonchev–Trinajstić information content (AvgIpc) is 2.36. The van der Waals surface area contributed by atoms with Gasteiger partial charge in [-0.3, -0.25) is 10.1 Å². The highest BCUT2D eigenvalue weighted by atomic mass is 79.9. The molecule has 104 valence electrons. The Morgan fingerprint density at radius 2 is 1.95 bits per heavy atom. The molecule has 0 saturated heterocycles. The molecule has 4 nitrogen and oxygen atoms in total. The van der Waals surface area contributed by atoms with Gasteiger partial charge in [0.05, 0.1) is 11.0 Å². The number of hydrogen-bond acceptors (Lipinski definition) is 3. The maximum Gasteiger partial charge on any atom is 0.272 e. The number of hydrogen-bond donors (Lipinski definition) is 0. The Balaban J connectivity index is 2.12. The lowest BCUT2D eigenvalue weighted by atomic mass is 10.2. The summed E-state index contributed by atoms with van der Waals surface area (Å²) in [6, 6.07) is 7.26. The van der Waals surface area contributed by atoms with Gasteiger partial charge in [-0.2, -0.15) is 0 Å². The van der Waals surface area contributed by atoms with Crippen molar-refractivity contribution in [1.29, 1.82) is 0 Å². The van der Waals surface area contributed by atoms with Crippen LogP contribution >= 0.6 is 15.9 Å². The van der Waals surface area contributed by atoms with E-state index in [1.165, 1.54) is 18.2 Å². The predicted molar refractivity (Wildman–Crippen MR) is 71.5 cm³/mol. The van der Waals surface area contributed by atoms with Gasteiger partial charge in [0, 0.05) is 10.5 Å². The van der Waals surface area contributed by atoms with E-state index in [9.17, 15) is 18.9 Å². The monoisotopic (exact) mass is 343 g/mol. The van der Waals surface area contributed by atoms with Crippen LogP contribution in [0.4, 0.5) is 14.5 Å². The summed E-state index contributed by atoms with van der Waals surface area (Å²) in [4.78, 5) is 9.77. The van der Waals surface area contributed by atoms with Gasteiger partial charge >= 0.3 is 0 Å². The fourth-order valence-corrected chi connectivity index (χ4v) is 2.09. The van der Waals surface area contributed by atoms with Crippen molar-refractivity contribution < 1.29 is 18.4 Å². The minimum Gasteiger partial charge on any atom is -0.486 e. The smallest absolute Gasteiger partial charge is 0.272 e. The molecule has 0 bridgehead atoms. The molecule has 0 radical (unpaired) electrons. The highest BCUT2D eigenvalue weighted by molar-refractivity contribution is 9.10. The van der Waals surface area contributed by atoms with E-state index in [4.69, 9.17) is 4.74 Å². The van der Waals surface area contributed by atoms with Crippen LogP contribution in [0.3, 0.4) is 0 Å². The highest BCUT2D eigenvalue weighted by Crippen LogP contribution is 2.24. The Bertz CT molecular complexity index is 644. The standard InChI is InChI=1S/C13H8BrF2NO3/c14-9-3-8(4-10(15)5-9)7-20-13-2-1-11(17(18)19)6-12(13)16/h1-6H,7H2. The van der Waals surface area contributed by atoms with Crippen molar-refractivity contribution in [1.82, 2.24) is 0 Å². The van der Waals surface area contributed by atoms with Gasteiger partial charge in [0.15, 0.2) is 11.6 Å². The first kappa shape index (κ1) is 14.4. The van der Waals surface area contributed by atoms with Crippen molar-refractivity contribution in [3.05, 3.63) is 68.2 Å². The molecule has 0 aliphatic carbocycles. The number of non-ortho nitro benzene ring substituents is 1. The third kappa shape index (κ3) is 3.51. The summed E-state index contributed by atoms with van der Waals surface area (Å²) in [5.41, 5.74) is 0.151. The fourth-order valence-electron chi connectivity index (χ4n) is 1.58. The molecule has 0 aliphatic rings. The molecule has 0 spiro atoms. The average molecular weight is 344 g/mol. The first-order chi connectivity index (χ1) is 9.45. The molecule has 7 heteroatoms. The lowest BCUT2D eigenvalue weighted by molar-refractivity contribution is -0.385. The van der Waals surface area contributed by atoms with E-state index in [1.807, 2.05) is 0 Å². The van der Waals surface area contributed by atoms with Gasteiger partial charge in [-0.25, -0.2) is 8.78 Å². The lowest BCUT2D eigenvalue weighted by Gasteiger charge is -2.07. The third-order valence-corrected chi connectivity index (χ3v) is 2.90. The molecule has 0 amide bonds. The predicted octanol–water partition coefficient (Wildman–Crippen LogP) is 4.21. The van der Waals surface area contributed by atoms with Crippen molar-refractivity contribution >= 4 is 21.6 Å². The second-order valence-electron chi connectivity index (χ2n) is 3.94. The zero-order chi connectivity index (χ0) is 14.7. The van der Waals surface area contributed by atoms with E-state index >= 15 is 0 Å². The number of halogens is 3. The summed E-state index contributed by atoms with van der Waals surface area (Å²) in [7, 11) is 0. The lowest BCUT2D eigenvalue weighted by Crippen LogP contribution is -1.99. The van der Waals surface area contributed by atoms with E-state index in [2.05, 4.69) is 15.9 Å². The van der Waals surface area contributed by atoms with Crippen molar-refractivity contribution in [2.24, 2.45) is 0 Å². The zero-order valence-electron chi connectivity index (χ0n) is 9.98. The van der Waals surface area contributed by atoms with Crippen LogP contribution in [0.2, 0.25) is 0 Å². The minimum atomic E-state index is -0.838. The van der Waals surface area contributed by atoms with Gasteiger partial charge < -0.3 is 4.74 Å². The molecule has 2 aromatic rings. The van der Waals surface area contributed by atoms with Gasteiger partial charge in [0.2, 0.25) is 0 Å². The molecule has 0 saturated carbocycles. The molecule has 0 atom stereocenters. The number of ether oxygens (including phenoxy) is 1. The largest absolute Gasteiger partial charge is 0.486 e. The molecular formula is C13H8BrF2NO3. The number of nitrogens with zero attached hydrogens (tertiary/aromatic N) is 1. The van der Waals surface area contributed by atoms with Gasteiger partial charge in [-0.1, -0.05) is 15.9 Å². The number of rotatable bonds is 4. The SMILES string of the molecule is O=[N+]([O-])c1ccc(OCc2cc(F)cc(Br)c2)c(F)c1. The van der Waals surface area contributed by atoms with Gasteiger partial charge in [0.1, 0.15) is 12.4 Å². The van der Waals surface area contributed by atoms with Gasteiger partial charge in [0.25, 0.3) is 5.69 Å². The van der Waals surface area contributed by atoms with E-state index < -0.39 is 16.6 Å². The maximum absolute atomic E-state index is 13.6. The summed E-state index contributed by atoms with van der Waals surface area (Å²) in [5, 5.41) is 10.5. The second kappa shape index (κ2) is 5.96. The Kier molecular flexibility index (Phi) is 4.29. The van der Waals surface area contributed by atoms with Crippen molar-refractivity contribution in [2.75, 3.05) is 0 Å². The number of benzene rings is 2. The molecule has 2 aromatic carbocycles. The van der Waals surface area contributed by atoms with Crippen LogP contribution in [-0.4, -0.2) is 4.92 Å². The summed E-state index contributed by atoms with van der Waals surface area (Å²) >= 11 is 3.13. The first-order valence-electron chi connectivity index (χ1n) is 5.47. The van der Waals surface area contributed by atoms with Crippen LogP contribution < -0.4 is 4.74 Å². The number of nitro groups is 1. The Hall–Kier alpha value is -2.02. The topological polar surface area (TPSA) is 52.4 Å². The van der Waals surface area contributed by atoms with Crippen LogP contribution in [0, 0.1) is 21.7 Å². The van der Waals surface area contributed by atoms with Gasteiger partial charge in [-0.05, 0) is 29.8 Å². The normalized spacial score (nSPS) is 10.3. The zero-order valence-corrected chi connectivity index (χ0v) is 11.6. The van der Waals surface area contributed by atoms with Gasteiger partial charge in [-0.15, -0.1) is 0 Å². The number of nitro benzene ring substituents is 1. The van der Waals surface area contributed by atoms with E-state index in [1.54, 1.807) is 6.07 Å². The van der Waals surface area contributed by atoms with Crippen molar-refractivity contribution in [3.63, 3.8) is 0 Å². The summed E-state index contributed by atoms with van der Waals surface area (Å²) < 4.78 is 32.4. The van der Waals surface area contributed by atoms with Crippen LogP contribution in [-0.2, 0) is 6.61 Å². The van der Waals surface area contributed by atoms with Crippen LogP contribution in [0.25, 0.3) is 0 Å². The molecule has 0 aromatic heterocycles. The van der Waals surface area contributed by atoms with Crippen LogP contribution in [0.5, 0.6) is 5.75 Å². The summed E-state index contributed by atoms with van der Waals surface area (Å²) in [6.07, 6.45) is 0. The molecule has 0 N–H and O–H groups in total. The van der Waals surface area contributed by atoms with Crippen molar-refractivity contribution in [3.8, 4) is 5.75 Å². The molecule has 0 fully saturated rings. The first-order valence-corrected chi connectivity index (χ1v) is 6.27. The molecule has 0 aliphatic heterocycles. The Morgan fingerprint density at radius 1 is 1.20 bits per heavy atom. The molecule has 0 unspecified atom stereocenters. The molecule has 2 rings (SSSR count). The highest BCUT2D eigenvalue weighted by Gasteiger charge is 2.11. The third-order valence-electron chi connectivity index (χ3n) is 2.44. The Morgan fingerprint density at radius 3 is 2.55 bits per heavy atom. The van der Waals surface area contributed by atoms with Crippen LogP contribution in [0.15, 0.2) is 40.9 Å². The summed E-state index contributed by atoms with van der Waals surface area (Å²) in [5.74, 6) is -1.41. The quantitative estimate of drug-likeness (QED) is 0.617. The summed E-state index contributed by atoms with van der Waals surface area (Å²) in [6.45, 7) is -0.0505. The van der Waals surface area contributed by atoms with E-state index in [-0.39, 0.29) is 18.0 Å².